The van der Waals surface area contributed by atoms with Gasteiger partial charge in [0, 0.05) is 0 Å². The molecule has 0 spiro atoms. The third kappa shape index (κ3) is 5.65. The van der Waals surface area contributed by atoms with E-state index in [1.54, 1.807) is 0 Å². The highest BCUT2D eigenvalue weighted by molar-refractivity contribution is 5.70. The number of aliphatic hydroxyl groups is 2. The number of nitrogens with zero attached hydrogens (tertiary/aromatic N) is 1. The summed E-state index contributed by atoms with van der Waals surface area (Å²) in [6.45, 7) is 1.50. The molecule has 0 aliphatic carbocycles. The van der Waals surface area contributed by atoms with Crippen LogP contribution in [0.25, 0.3) is 0 Å². The Morgan fingerprint density at radius 2 is 2.25 bits per heavy atom. The molecule has 0 heterocycles. The highest BCUT2D eigenvalue weighted by Crippen LogP contribution is 2.02. The molecule has 5 heteroatoms. The molecule has 0 saturated carbocycles. The summed E-state index contributed by atoms with van der Waals surface area (Å²) >= 11 is 0. The van der Waals surface area contributed by atoms with Gasteiger partial charge < -0.3 is 14.9 Å². The first-order chi connectivity index (χ1) is 5.56. The standard InChI is InChI=1S/C7H11NO4/c1-5(9)2-6(10)3-7(11)12-4-8/h5-6,9-10H,2-3H2,1H3. The number of carbonyl (C=O) groups excluding carboxylic acids is 1. The number of aliphatic hydroxyl groups excluding tert-OH is 2. The molecule has 0 aromatic carbocycles. The molecule has 68 valence electrons. The van der Waals surface area contributed by atoms with Gasteiger partial charge in [0.2, 0.25) is 0 Å². The van der Waals surface area contributed by atoms with Crippen LogP contribution in [0.15, 0.2) is 0 Å². The van der Waals surface area contributed by atoms with Gasteiger partial charge in [0.1, 0.15) is 0 Å². The fourth-order valence-corrected chi connectivity index (χ4v) is 0.762. The third-order valence-electron chi connectivity index (χ3n) is 1.17. The van der Waals surface area contributed by atoms with Crippen molar-refractivity contribution in [3.8, 4) is 6.26 Å². The molecule has 0 amide bonds. The van der Waals surface area contributed by atoms with Crippen molar-refractivity contribution < 1.29 is 19.7 Å². The van der Waals surface area contributed by atoms with Gasteiger partial charge >= 0.3 is 5.97 Å². The monoisotopic (exact) mass is 173 g/mol. The van der Waals surface area contributed by atoms with Gasteiger partial charge in [-0.3, -0.25) is 4.79 Å². The number of esters is 1. The van der Waals surface area contributed by atoms with E-state index in [-0.39, 0.29) is 12.8 Å². The number of hydrogen-bond acceptors (Lipinski definition) is 5. The zero-order valence-corrected chi connectivity index (χ0v) is 6.73. The molecule has 2 N–H and O–H groups in total. The highest BCUT2D eigenvalue weighted by atomic mass is 16.5. The Kier molecular flexibility index (Phi) is 5.00. The molecule has 2 atom stereocenters. The van der Waals surface area contributed by atoms with E-state index in [0.29, 0.717) is 0 Å². The van der Waals surface area contributed by atoms with Crippen LogP contribution in [0.5, 0.6) is 0 Å². The lowest BCUT2D eigenvalue weighted by atomic mass is 10.1. The summed E-state index contributed by atoms with van der Waals surface area (Å²) in [7, 11) is 0. The summed E-state index contributed by atoms with van der Waals surface area (Å²) in [6, 6.07) is 0. The number of nitriles is 1. The zero-order chi connectivity index (χ0) is 9.56. The van der Waals surface area contributed by atoms with E-state index in [1.165, 1.54) is 13.2 Å². The van der Waals surface area contributed by atoms with Gasteiger partial charge in [-0.05, 0) is 13.3 Å². The molecular formula is C7H11NO4. The van der Waals surface area contributed by atoms with E-state index in [9.17, 15) is 4.79 Å². The first-order valence-electron chi connectivity index (χ1n) is 3.51. The van der Waals surface area contributed by atoms with Crippen LogP contribution < -0.4 is 0 Å². The maximum absolute atomic E-state index is 10.5. The third-order valence-corrected chi connectivity index (χ3v) is 1.17. The normalized spacial score (nSPS) is 14.5. The summed E-state index contributed by atoms with van der Waals surface area (Å²) in [6.07, 6.45) is -0.589. The Balaban J connectivity index is 3.63. The van der Waals surface area contributed by atoms with Gasteiger partial charge in [0.15, 0.2) is 0 Å². The van der Waals surface area contributed by atoms with Crippen LogP contribution in [0.4, 0.5) is 0 Å². The maximum Gasteiger partial charge on any atom is 0.324 e. The number of hydrogen-bond donors (Lipinski definition) is 2. The molecule has 0 aliphatic rings. The SMILES string of the molecule is CC(O)CC(O)CC(=O)OC#N. The molecular weight excluding hydrogens is 162 g/mol. The van der Waals surface area contributed by atoms with E-state index < -0.39 is 18.2 Å². The van der Waals surface area contributed by atoms with E-state index in [0.717, 1.165) is 0 Å². The van der Waals surface area contributed by atoms with Crippen LogP contribution in [0.2, 0.25) is 0 Å². The molecule has 0 aromatic rings. The summed E-state index contributed by atoms with van der Waals surface area (Å²) in [5, 5.41) is 25.7. The molecule has 12 heavy (non-hydrogen) atoms. The molecule has 2 unspecified atom stereocenters. The van der Waals surface area contributed by atoms with Crippen LogP contribution in [-0.2, 0) is 9.53 Å². The lowest BCUT2D eigenvalue weighted by Gasteiger charge is -2.09. The predicted octanol–water partition coefficient (Wildman–Crippen LogP) is -0.467. The molecule has 0 radical (unpaired) electrons. The van der Waals surface area contributed by atoms with Crippen molar-refractivity contribution >= 4 is 5.97 Å². The minimum absolute atomic E-state index is 0.0977. The Bertz CT molecular complexity index is 184. The van der Waals surface area contributed by atoms with Gasteiger partial charge in [-0.25, -0.2) is 0 Å². The number of carbonyl (C=O) groups is 1. The average Bonchev–Trinajstić information content (AvgIpc) is 1.84. The molecule has 0 aliphatic heterocycles. The van der Waals surface area contributed by atoms with Crippen molar-refractivity contribution in [1.82, 2.24) is 0 Å². The summed E-state index contributed by atoms with van der Waals surface area (Å²) < 4.78 is 3.92. The van der Waals surface area contributed by atoms with Crippen molar-refractivity contribution in [3.63, 3.8) is 0 Å². The van der Waals surface area contributed by atoms with Crippen LogP contribution in [0.3, 0.4) is 0 Å². The van der Waals surface area contributed by atoms with Crippen molar-refractivity contribution in [2.24, 2.45) is 0 Å². The lowest BCUT2D eigenvalue weighted by Crippen LogP contribution is -2.19. The molecule has 0 aromatic heterocycles. The number of ether oxygens (including phenoxy) is 1. The van der Waals surface area contributed by atoms with Crippen LogP contribution in [0, 0.1) is 11.5 Å². The van der Waals surface area contributed by atoms with Gasteiger partial charge in [0.25, 0.3) is 6.26 Å². The first kappa shape index (κ1) is 10.9. The molecule has 5 nitrogen and oxygen atoms in total. The molecule has 0 saturated heterocycles. The Labute approximate surface area is 70.2 Å². The van der Waals surface area contributed by atoms with Crippen molar-refractivity contribution in [2.45, 2.75) is 32.0 Å². The van der Waals surface area contributed by atoms with E-state index >= 15 is 0 Å². The fraction of sp³-hybridized carbons (Fsp3) is 0.714. The van der Waals surface area contributed by atoms with Gasteiger partial charge in [-0.2, -0.15) is 0 Å². The lowest BCUT2D eigenvalue weighted by molar-refractivity contribution is -0.139. The second-order valence-corrected chi connectivity index (χ2v) is 2.51. The second-order valence-electron chi connectivity index (χ2n) is 2.51. The topological polar surface area (TPSA) is 90.6 Å². The van der Waals surface area contributed by atoms with E-state index in [1.807, 2.05) is 0 Å². The van der Waals surface area contributed by atoms with Gasteiger partial charge in [-0.15, -0.1) is 5.26 Å². The largest absolute Gasteiger partial charge is 0.393 e. The second kappa shape index (κ2) is 5.52. The van der Waals surface area contributed by atoms with E-state index in [2.05, 4.69) is 4.74 Å². The Morgan fingerprint density at radius 3 is 2.67 bits per heavy atom. The first-order valence-corrected chi connectivity index (χ1v) is 3.51. The summed E-state index contributed by atoms with van der Waals surface area (Å²) in [5.41, 5.74) is 0. The van der Waals surface area contributed by atoms with Crippen LogP contribution >= 0.6 is 0 Å². The molecule has 0 bridgehead atoms. The Hall–Kier alpha value is -1.12. The minimum atomic E-state index is -0.953. The minimum Gasteiger partial charge on any atom is -0.393 e. The fourth-order valence-electron chi connectivity index (χ4n) is 0.762. The molecule has 0 rings (SSSR count). The predicted molar refractivity (Wildman–Crippen MR) is 38.6 cm³/mol. The smallest absolute Gasteiger partial charge is 0.324 e. The zero-order valence-electron chi connectivity index (χ0n) is 6.73. The molecule has 0 fully saturated rings. The van der Waals surface area contributed by atoms with Crippen molar-refractivity contribution in [3.05, 3.63) is 0 Å². The summed E-state index contributed by atoms with van der Waals surface area (Å²) in [5.74, 6) is -0.786. The van der Waals surface area contributed by atoms with E-state index in [4.69, 9.17) is 15.5 Å². The van der Waals surface area contributed by atoms with Crippen LogP contribution in [-0.4, -0.2) is 28.4 Å². The summed E-state index contributed by atoms with van der Waals surface area (Å²) in [4.78, 5) is 10.5. The quantitative estimate of drug-likeness (QED) is 0.443. The van der Waals surface area contributed by atoms with Crippen molar-refractivity contribution in [2.75, 3.05) is 0 Å². The Morgan fingerprint density at radius 1 is 1.67 bits per heavy atom. The van der Waals surface area contributed by atoms with Crippen molar-refractivity contribution in [1.29, 1.82) is 5.26 Å². The number of rotatable bonds is 4. The van der Waals surface area contributed by atoms with Gasteiger partial charge in [-0.1, -0.05) is 0 Å². The highest BCUT2D eigenvalue weighted by Gasteiger charge is 2.13. The van der Waals surface area contributed by atoms with Crippen LogP contribution in [0.1, 0.15) is 19.8 Å². The maximum atomic E-state index is 10.5. The van der Waals surface area contributed by atoms with Gasteiger partial charge in [0.05, 0.1) is 18.6 Å². The average molecular weight is 173 g/mol.